The second kappa shape index (κ2) is 5.37. The molecule has 1 aromatic heterocycles. The zero-order chi connectivity index (χ0) is 15.0. The fraction of sp³-hybridized carbons (Fsp3) is 0.118. The van der Waals surface area contributed by atoms with Crippen molar-refractivity contribution in [2.24, 2.45) is 0 Å². The van der Waals surface area contributed by atoms with E-state index in [1.807, 2.05) is 18.2 Å². The molecule has 3 nitrogen and oxygen atoms in total. The summed E-state index contributed by atoms with van der Waals surface area (Å²) >= 11 is 3.47. The molecule has 1 N–H and O–H groups in total. The van der Waals surface area contributed by atoms with Crippen molar-refractivity contribution in [3.63, 3.8) is 0 Å². The standard InChI is InChI=1S/C17H14BrNO2/c1-11-9-19(16-5-3-2-4-14(11)16)10-13-7-6-12(17(20)21)8-15(13)18/h2-9H,10H2,1H3,(H,20,21). The second-order valence-corrected chi connectivity index (χ2v) is 5.92. The Labute approximate surface area is 131 Å². The smallest absolute Gasteiger partial charge is 0.335 e. The highest BCUT2D eigenvalue weighted by molar-refractivity contribution is 9.10. The van der Waals surface area contributed by atoms with Gasteiger partial charge in [0.2, 0.25) is 0 Å². The molecule has 1 heterocycles. The molecule has 21 heavy (non-hydrogen) atoms. The molecule has 0 aliphatic rings. The quantitative estimate of drug-likeness (QED) is 0.762. The van der Waals surface area contributed by atoms with Crippen LogP contribution in [0.1, 0.15) is 21.5 Å². The number of hydrogen-bond donors (Lipinski definition) is 1. The Morgan fingerprint density at radius 1 is 1.24 bits per heavy atom. The molecule has 0 saturated carbocycles. The van der Waals surface area contributed by atoms with E-state index in [9.17, 15) is 4.79 Å². The maximum absolute atomic E-state index is 11.0. The number of carboxylic acid groups (broad SMARTS) is 1. The Morgan fingerprint density at radius 3 is 2.71 bits per heavy atom. The van der Waals surface area contributed by atoms with Gasteiger partial charge in [-0.25, -0.2) is 4.79 Å². The molecule has 0 atom stereocenters. The molecule has 0 saturated heterocycles. The summed E-state index contributed by atoms with van der Waals surface area (Å²) < 4.78 is 3.00. The minimum absolute atomic E-state index is 0.291. The number of rotatable bonds is 3. The average Bonchev–Trinajstić information content (AvgIpc) is 2.78. The number of fused-ring (bicyclic) bond motifs is 1. The molecule has 0 aliphatic carbocycles. The number of halogens is 1. The van der Waals surface area contributed by atoms with E-state index in [1.54, 1.807) is 12.1 Å². The van der Waals surface area contributed by atoms with Crippen molar-refractivity contribution in [1.29, 1.82) is 0 Å². The van der Waals surface area contributed by atoms with Crippen molar-refractivity contribution in [2.45, 2.75) is 13.5 Å². The van der Waals surface area contributed by atoms with Gasteiger partial charge in [0.25, 0.3) is 0 Å². The first-order valence-electron chi connectivity index (χ1n) is 6.62. The maximum atomic E-state index is 11.0. The highest BCUT2D eigenvalue weighted by Gasteiger charge is 2.09. The fourth-order valence-corrected chi connectivity index (χ4v) is 3.06. The van der Waals surface area contributed by atoms with Gasteiger partial charge in [-0.05, 0) is 36.2 Å². The number of aromatic nitrogens is 1. The summed E-state index contributed by atoms with van der Waals surface area (Å²) in [5.41, 5.74) is 3.77. The SMILES string of the molecule is Cc1cn(Cc2ccc(C(=O)O)cc2Br)c2ccccc12. The molecule has 4 heteroatoms. The monoisotopic (exact) mass is 343 g/mol. The van der Waals surface area contributed by atoms with Crippen LogP contribution >= 0.6 is 15.9 Å². The van der Waals surface area contributed by atoms with Gasteiger partial charge >= 0.3 is 5.97 Å². The Morgan fingerprint density at radius 2 is 2.00 bits per heavy atom. The number of carboxylic acids is 1. The van der Waals surface area contributed by atoms with Gasteiger partial charge in [0, 0.05) is 28.1 Å². The van der Waals surface area contributed by atoms with E-state index in [2.05, 4.69) is 45.8 Å². The van der Waals surface area contributed by atoms with Gasteiger partial charge in [-0.1, -0.05) is 40.2 Å². The Kier molecular flexibility index (Phi) is 3.55. The molecule has 3 aromatic rings. The van der Waals surface area contributed by atoms with E-state index in [0.29, 0.717) is 12.1 Å². The molecular formula is C17H14BrNO2. The summed E-state index contributed by atoms with van der Waals surface area (Å²) in [5.74, 6) is -0.912. The molecular weight excluding hydrogens is 330 g/mol. The lowest BCUT2D eigenvalue weighted by molar-refractivity contribution is 0.0697. The topological polar surface area (TPSA) is 42.2 Å². The predicted molar refractivity (Wildman–Crippen MR) is 86.9 cm³/mol. The van der Waals surface area contributed by atoms with Gasteiger partial charge in [0.05, 0.1) is 5.56 Å². The Hall–Kier alpha value is -2.07. The average molecular weight is 344 g/mol. The molecule has 0 amide bonds. The Bertz CT molecular complexity index is 836. The first kappa shape index (κ1) is 13.9. The largest absolute Gasteiger partial charge is 0.478 e. The molecule has 0 unspecified atom stereocenters. The summed E-state index contributed by atoms with van der Waals surface area (Å²) in [4.78, 5) is 11.0. The van der Waals surface area contributed by atoms with Gasteiger partial charge in [-0.15, -0.1) is 0 Å². The number of benzene rings is 2. The van der Waals surface area contributed by atoms with Gasteiger partial charge in [-0.2, -0.15) is 0 Å². The van der Waals surface area contributed by atoms with Gasteiger partial charge in [0.1, 0.15) is 0 Å². The number of nitrogens with zero attached hydrogens (tertiary/aromatic N) is 1. The van der Waals surface area contributed by atoms with Crippen molar-refractivity contribution in [1.82, 2.24) is 4.57 Å². The van der Waals surface area contributed by atoms with Crippen LogP contribution in [0.3, 0.4) is 0 Å². The lowest BCUT2D eigenvalue weighted by Gasteiger charge is -2.08. The van der Waals surface area contributed by atoms with Crippen molar-refractivity contribution in [2.75, 3.05) is 0 Å². The normalized spacial score (nSPS) is 11.0. The number of hydrogen-bond acceptors (Lipinski definition) is 1. The van der Waals surface area contributed by atoms with Crippen LogP contribution in [0, 0.1) is 6.92 Å². The van der Waals surface area contributed by atoms with E-state index in [4.69, 9.17) is 5.11 Å². The number of para-hydroxylation sites is 1. The van der Waals surface area contributed by atoms with E-state index >= 15 is 0 Å². The van der Waals surface area contributed by atoms with E-state index < -0.39 is 5.97 Å². The van der Waals surface area contributed by atoms with Crippen molar-refractivity contribution in [3.8, 4) is 0 Å². The van der Waals surface area contributed by atoms with Crippen molar-refractivity contribution in [3.05, 3.63) is 69.8 Å². The molecule has 2 aromatic carbocycles. The zero-order valence-corrected chi connectivity index (χ0v) is 13.1. The predicted octanol–water partition coefficient (Wildman–Crippen LogP) is 4.46. The zero-order valence-electron chi connectivity index (χ0n) is 11.5. The molecule has 0 bridgehead atoms. The molecule has 0 radical (unpaired) electrons. The summed E-state index contributed by atoms with van der Waals surface area (Å²) in [6.45, 7) is 2.80. The van der Waals surface area contributed by atoms with E-state index in [0.717, 1.165) is 10.0 Å². The summed E-state index contributed by atoms with van der Waals surface area (Å²) in [7, 11) is 0. The minimum Gasteiger partial charge on any atom is -0.478 e. The van der Waals surface area contributed by atoms with Crippen molar-refractivity contribution < 1.29 is 9.90 Å². The van der Waals surface area contributed by atoms with Crippen LogP contribution in [0.25, 0.3) is 10.9 Å². The maximum Gasteiger partial charge on any atom is 0.335 e. The lowest BCUT2D eigenvalue weighted by atomic mass is 10.1. The second-order valence-electron chi connectivity index (χ2n) is 5.07. The van der Waals surface area contributed by atoms with Crippen LogP contribution in [-0.4, -0.2) is 15.6 Å². The van der Waals surface area contributed by atoms with Gasteiger partial charge < -0.3 is 9.67 Å². The van der Waals surface area contributed by atoms with Crippen LogP contribution in [0.15, 0.2) is 53.1 Å². The molecule has 3 rings (SSSR count). The highest BCUT2D eigenvalue weighted by Crippen LogP contribution is 2.24. The third kappa shape index (κ3) is 2.59. The number of carbonyl (C=O) groups is 1. The summed E-state index contributed by atoms with van der Waals surface area (Å²) in [6, 6.07) is 13.4. The van der Waals surface area contributed by atoms with Gasteiger partial charge in [0.15, 0.2) is 0 Å². The molecule has 0 aliphatic heterocycles. The number of aryl methyl sites for hydroxylation is 1. The van der Waals surface area contributed by atoms with E-state index in [1.165, 1.54) is 16.5 Å². The van der Waals surface area contributed by atoms with Crippen LogP contribution < -0.4 is 0 Å². The van der Waals surface area contributed by atoms with Gasteiger partial charge in [-0.3, -0.25) is 0 Å². The third-order valence-electron chi connectivity index (χ3n) is 3.63. The molecule has 106 valence electrons. The highest BCUT2D eigenvalue weighted by atomic mass is 79.9. The number of aromatic carboxylic acids is 1. The van der Waals surface area contributed by atoms with Crippen LogP contribution in [-0.2, 0) is 6.54 Å². The lowest BCUT2D eigenvalue weighted by Crippen LogP contribution is -2.01. The third-order valence-corrected chi connectivity index (χ3v) is 4.37. The summed E-state index contributed by atoms with van der Waals surface area (Å²) in [5, 5.41) is 10.3. The van der Waals surface area contributed by atoms with Crippen LogP contribution in [0.4, 0.5) is 0 Å². The van der Waals surface area contributed by atoms with E-state index in [-0.39, 0.29) is 0 Å². The fourth-order valence-electron chi connectivity index (χ4n) is 2.55. The molecule has 0 spiro atoms. The first-order chi connectivity index (χ1) is 10.1. The van der Waals surface area contributed by atoms with Crippen molar-refractivity contribution >= 4 is 32.8 Å². The Balaban J connectivity index is 2.01. The van der Waals surface area contributed by atoms with Crippen LogP contribution in [0.2, 0.25) is 0 Å². The minimum atomic E-state index is -0.912. The molecule has 0 fully saturated rings. The first-order valence-corrected chi connectivity index (χ1v) is 7.42. The summed E-state index contributed by atoms with van der Waals surface area (Å²) in [6.07, 6.45) is 2.13. The van der Waals surface area contributed by atoms with Crippen LogP contribution in [0.5, 0.6) is 0 Å².